The Bertz CT molecular complexity index is 503. The summed E-state index contributed by atoms with van der Waals surface area (Å²) < 4.78 is 0. The van der Waals surface area contributed by atoms with E-state index in [1.807, 2.05) is 0 Å². The molecule has 0 aliphatic carbocycles. The standard InChI is InChI=1S/C12H11Cl2NO3S/c13-7-2-1-3-8(14)6(7)4-10-11(16)15-9(5-19-10)12(17)18/h1-3,9-10H,4-5H2,(H,15,16)(H,17,18)/t9-,10+/m0/s1. The van der Waals surface area contributed by atoms with E-state index in [-0.39, 0.29) is 11.2 Å². The molecule has 1 saturated heterocycles. The number of rotatable bonds is 3. The lowest BCUT2D eigenvalue weighted by atomic mass is 10.1. The molecule has 0 aromatic heterocycles. The maximum Gasteiger partial charge on any atom is 0.327 e. The number of carbonyl (C=O) groups excluding carboxylic acids is 1. The molecule has 1 aromatic rings. The van der Waals surface area contributed by atoms with Gasteiger partial charge >= 0.3 is 5.97 Å². The fraction of sp³-hybridized carbons (Fsp3) is 0.333. The molecule has 19 heavy (non-hydrogen) atoms. The maximum absolute atomic E-state index is 11.9. The van der Waals surface area contributed by atoms with E-state index in [4.69, 9.17) is 28.3 Å². The summed E-state index contributed by atoms with van der Waals surface area (Å²) in [4.78, 5) is 22.7. The van der Waals surface area contributed by atoms with Gasteiger partial charge in [-0.05, 0) is 24.1 Å². The topological polar surface area (TPSA) is 66.4 Å². The number of carboxylic acid groups (broad SMARTS) is 1. The zero-order valence-corrected chi connectivity index (χ0v) is 12.1. The van der Waals surface area contributed by atoms with Gasteiger partial charge in [-0.25, -0.2) is 4.79 Å². The second-order valence-corrected chi connectivity index (χ2v) is 6.18. The molecule has 4 nitrogen and oxygen atoms in total. The van der Waals surface area contributed by atoms with E-state index in [0.717, 1.165) is 0 Å². The first-order valence-electron chi connectivity index (χ1n) is 5.56. The van der Waals surface area contributed by atoms with Crippen molar-refractivity contribution >= 4 is 46.8 Å². The SMILES string of the molecule is O=C(O)[C@@H]1CS[C@H](Cc2c(Cl)cccc2Cl)C(=O)N1. The fourth-order valence-corrected chi connectivity index (χ4v) is 3.50. The number of hydrogen-bond acceptors (Lipinski definition) is 3. The number of carbonyl (C=O) groups is 2. The van der Waals surface area contributed by atoms with Crippen LogP contribution >= 0.6 is 35.0 Å². The minimum absolute atomic E-state index is 0.292. The van der Waals surface area contributed by atoms with E-state index < -0.39 is 12.0 Å². The Morgan fingerprint density at radius 1 is 1.42 bits per heavy atom. The summed E-state index contributed by atoms with van der Waals surface area (Å²) in [5, 5.41) is 12.0. The highest BCUT2D eigenvalue weighted by Gasteiger charge is 2.32. The van der Waals surface area contributed by atoms with Crippen molar-refractivity contribution in [2.45, 2.75) is 17.7 Å². The van der Waals surface area contributed by atoms with Crippen molar-refractivity contribution in [1.82, 2.24) is 5.32 Å². The quantitative estimate of drug-likeness (QED) is 0.896. The van der Waals surface area contributed by atoms with Crippen LogP contribution in [0.2, 0.25) is 10.0 Å². The highest BCUT2D eigenvalue weighted by atomic mass is 35.5. The van der Waals surface area contributed by atoms with Gasteiger partial charge in [0, 0.05) is 15.8 Å². The van der Waals surface area contributed by atoms with Gasteiger partial charge in [0.2, 0.25) is 5.91 Å². The van der Waals surface area contributed by atoms with Crippen LogP contribution < -0.4 is 5.32 Å². The molecule has 1 heterocycles. The van der Waals surface area contributed by atoms with Crippen LogP contribution in [0.5, 0.6) is 0 Å². The Morgan fingerprint density at radius 3 is 2.58 bits per heavy atom. The Kier molecular flexibility index (Phi) is 4.60. The normalized spacial score (nSPS) is 22.9. The molecule has 1 amide bonds. The molecule has 1 fully saturated rings. The number of nitrogens with one attached hydrogen (secondary N) is 1. The average Bonchev–Trinajstić information content (AvgIpc) is 2.35. The molecule has 1 aliphatic heterocycles. The molecule has 7 heteroatoms. The Balaban J connectivity index is 2.09. The van der Waals surface area contributed by atoms with Gasteiger partial charge in [0.1, 0.15) is 6.04 Å². The Morgan fingerprint density at radius 2 is 2.05 bits per heavy atom. The second kappa shape index (κ2) is 6.03. The van der Waals surface area contributed by atoms with Gasteiger partial charge < -0.3 is 10.4 Å². The summed E-state index contributed by atoms with van der Waals surface area (Å²) in [5.74, 6) is -0.969. The van der Waals surface area contributed by atoms with Crippen LogP contribution in [0.1, 0.15) is 5.56 Å². The molecule has 0 spiro atoms. The minimum atomic E-state index is -1.02. The predicted octanol–water partition coefficient (Wildman–Crippen LogP) is 2.22. The Labute approximate surface area is 124 Å². The summed E-state index contributed by atoms with van der Waals surface area (Å²) in [6.07, 6.45) is 0.390. The summed E-state index contributed by atoms with van der Waals surface area (Å²) in [5.41, 5.74) is 0.715. The number of amides is 1. The lowest BCUT2D eigenvalue weighted by molar-refractivity contribution is -0.141. The molecule has 102 valence electrons. The molecule has 2 atom stereocenters. The molecule has 0 saturated carbocycles. The number of carboxylic acids is 1. The van der Waals surface area contributed by atoms with Crippen LogP contribution in [0, 0.1) is 0 Å². The molecule has 2 rings (SSSR count). The van der Waals surface area contributed by atoms with Crippen molar-refractivity contribution in [1.29, 1.82) is 0 Å². The van der Waals surface area contributed by atoms with E-state index >= 15 is 0 Å². The second-order valence-electron chi connectivity index (χ2n) is 4.13. The monoisotopic (exact) mass is 319 g/mol. The van der Waals surface area contributed by atoms with Crippen LogP contribution in [-0.4, -0.2) is 34.0 Å². The minimum Gasteiger partial charge on any atom is -0.480 e. The van der Waals surface area contributed by atoms with Gasteiger partial charge in [0.05, 0.1) is 5.25 Å². The summed E-state index contributed by atoms with van der Waals surface area (Å²) in [7, 11) is 0. The van der Waals surface area contributed by atoms with Crippen LogP contribution in [0.25, 0.3) is 0 Å². The van der Waals surface area contributed by atoms with Crippen molar-refractivity contribution in [2.24, 2.45) is 0 Å². The van der Waals surface area contributed by atoms with Gasteiger partial charge in [-0.15, -0.1) is 11.8 Å². The predicted molar refractivity (Wildman–Crippen MR) is 76.0 cm³/mol. The third kappa shape index (κ3) is 3.35. The number of benzene rings is 1. The lowest BCUT2D eigenvalue weighted by Gasteiger charge is -2.26. The van der Waals surface area contributed by atoms with Crippen LogP contribution in [0.4, 0.5) is 0 Å². The molecule has 1 aromatic carbocycles. The largest absolute Gasteiger partial charge is 0.480 e. The van der Waals surface area contributed by atoms with Crippen molar-refractivity contribution in [3.63, 3.8) is 0 Å². The molecule has 2 N–H and O–H groups in total. The van der Waals surface area contributed by atoms with Crippen molar-refractivity contribution in [2.75, 3.05) is 5.75 Å². The van der Waals surface area contributed by atoms with E-state index in [2.05, 4.69) is 5.32 Å². The molecule has 0 radical (unpaired) electrons. The van der Waals surface area contributed by atoms with E-state index in [1.165, 1.54) is 11.8 Å². The summed E-state index contributed by atoms with van der Waals surface area (Å²) >= 11 is 13.4. The van der Waals surface area contributed by atoms with E-state index in [1.54, 1.807) is 18.2 Å². The smallest absolute Gasteiger partial charge is 0.327 e. The first-order valence-corrected chi connectivity index (χ1v) is 7.37. The lowest BCUT2D eigenvalue weighted by Crippen LogP contribution is -2.51. The highest BCUT2D eigenvalue weighted by molar-refractivity contribution is 8.00. The van der Waals surface area contributed by atoms with E-state index in [9.17, 15) is 9.59 Å². The molecule has 1 aliphatic rings. The van der Waals surface area contributed by atoms with Gasteiger partial charge in [-0.3, -0.25) is 4.79 Å². The van der Waals surface area contributed by atoms with Gasteiger partial charge in [0.15, 0.2) is 0 Å². The number of hydrogen-bond donors (Lipinski definition) is 2. The van der Waals surface area contributed by atoms with Crippen LogP contribution in [0.3, 0.4) is 0 Å². The first-order chi connectivity index (χ1) is 8.99. The fourth-order valence-electron chi connectivity index (χ4n) is 1.79. The van der Waals surface area contributed by atoms with Crippen molar-refractivity contribution in [3.8, 4) is 0 Å². The Hall–Kier alpha value is -0.910. The molecule has 0 unspecified atom stereocenters. The summed E-state index contributed by atoms with van der Waals surface area (Å²) in [6.45, 7) is 0. The molecular formula is C12H11Cl2NO3S. The summed E-state index contributed by atoms with van der Waals surface area (Å²) in [6, 6.07) is 4.35. The van der Waals surface area contributed by atoms with Gasteiger partial charge in [0.25, 0.3) is 0 Å². The van der Waals surface area contributed by atoms with Crippen molar-refractivity contribution < 1.29 is 14.7 Å². The highest BCUT2D eigenvalue weighted by Crippen LogP contribution is 2.30. The number of aliphatic carboxylic acids is 1. The zero-order valence-electron chi connectivity index (χ0n) is 9.73. The van der Waals surface area contributed by atoms with Gasteiger partial charge in [-0.2, -0.15) is 0 Å². The average molecular weight is 320 g/mol. The zero-order chi connectivity index (χ0) is 14.0. The maximum atomic E-state index is 11.9. The third-order valence-electron chi connectivity index (χ3n) is 2.82. The molecule has 0 bridgehead atoms. The van der Waals surface area contributed by atoms with Gasteiger partial charge in [-0.1, -0.05) is 29.3 Å². The van der Waals surface area contributed by atoms with Crippen LogP contribution in [0.15, 0.2) is 18.2 Å². The number of thioether (sulfide) groups is 1. The molecular weight excluding hydrogens is 309 g/mol. The number of halogens is 2. The van der Waals surface area contributed by atoms with Crippen LogP contribution in [-0.2, 0) is 16.0 Å². The third-order valence-corrected chi connectivity index (χ3v) is 4.84. The first kappa shape index (κ1) is 14.5. The van der Waals surface area contributed by atoms with E-state index in [0.29, 0.717) is 27.8 Å². The van der Waals surface area contributed by atoms with Crippen molar-refractivity contribution in [3.05, 3.63) is 33.8 Å².